The molecule has 0 spiro atoms. The van der Waals surface area contributed by atoms with Crippen LogP contribution in [0.2, 0.25) is 0 Å². The fourth-order valence-corrected chi connectivity index (χ4v) is 3.78. The van der Waals surface area contributed by atoms with Gasteiger partial charge in [-0.05, 0) is 73.8 Å². The van der Waals surface area contributed by atoms with Crippen molar-refractivity contribution >= 4 is 34.0 Å². The molecule has 0 saturated heterocycles. The van der Waals surface area contributed by atoms with Gasteiger partial charge in [-0.25, -0.2) is 4.68 Å². The number of aryl methyl sites for hydroxylation is 2. The Kier molecular flexibility index (Phi) is 5.32. The highest BCUT2D eigenvalue weighted by Crippen LogP contribution is 2.19. The largest absolute Gasteiger partial charge is 0.339 e. The summed E-state index contributed by atoms with van der Waals surface area (Å²) in [5.74, 6) is 1.21. The predicted molar refractivity (Wildman–Crippen MR) is 129 cm³/mol. The zero-order chi connectivity index (χ0) is 22.8. The lowest BCUT2D eigenvalue weighted by Crippen LogP contribution is -2.18. The molecule has 8 heteroatoms. The van der Waals surface area contributed by atoms with Crippen LogP contribution in [0.25, 0.3) is 16.7 Å². The number of hydrogen-bond acceptors (Lipinski definition) is 5. The lowest BCUT2D eigenvalue weighted by Gasteiger charge is -2.10. The van der Waals surface area contributed by atoms with Crippen LogP contribution in [0.3, 0.4) is 0 Å². The molecule has 0 fully saturated rings. The first kappa shape index (κ1) is 20.4. The maximum atomic E-state index is 12.5. The second-order valence-corrected chi connectivity index (χ2v) is 7.87. The summed E-state index contributed by atoms with van der Waals surface area (Å²) in [5.41, 5.74) is 4.55. The number of aromatic nitrogens is 5. The van der Waals surface area contributed by atoms with Crippen molar-refractivity contribution in [2.24, 2.45) is 0 Å². The Morgan fingerprint density at radius 1 is 0.909 bits per heavy atom. The predicted octanol–water partition coefficient (Wildman–Crippen LogP) is 4.62. The van der Waals surface area contributed by atoms with Crippen molar-refractivity contribution in [3.63, 3.8) is 0 Å². The van der Waals surface area contributed by atoms with E-state index in [1.165, 1.54) is 0 Å². The van der Waals surface area contributed by atoms with Gasteiger partial charge in [-0.2, -0.15) is 5.10 Å². The van der Waals surface area contributed by atoms with E-state index >= 15 is 0 Å². The minimum absolute atomic E-state index is 0.0809. The first-order valence-corrected chi connectivity index (χ1v) is 10.6. The van der Waals surface area contributed by atoms with Crippen LogP contribution in [-0.4, -0.2) is 30.5 Å². The zero-order valence-corrected chi connectivity index (χ0v) is 18.4. The summed E-state index contributed by atoms with van der Waals surface area (Å²) in [6, 6.07) is 23.2. The minimum Gasteiger partial charge on any atom is -0.339 e. The molecule has 0 aliphatic carbocycles. The quantitative estimate of drug-likeness (QED) is 0.405. The van der Waals surface area contributed by atoms with Crippen LogP contribution < -0.4 is 10.6 Å². The van der Waals surface area contributed by atoms with Crippen molar-refractivity contribution in [3.05, 3.63) is 90.4 Å². The topological polar surface area (TPSA) is 89.7 Å². The SMILES string of the molecule is Cc1cc(C)n(-c2ccc(Nc3ccc(NC(=O)Cn4ccc5ccccc54)cc3)nn2)n1. The number of amides is 1. The summed E-state index contributed by atoms with van der Waals surface area (Å²) in [5, 5.41) is 20.2. The van der Waals surface area contributed by atoms with E-state index in [1.807, 2.05) is 97.4 Å². The van der Waals surface area contributed by atoms with Crippen LogP contribution in [0.1, 0.15) is 11.4 Å². The van der Waals surface area contributed by atoms with Crippen molar-refractivity contribution < 1.29 is 4.79 Å². The van der Waals surface area contributed by atoms with E-state index in [-0.39, 0.29) is 12.5 Å². The summed E-state index contributed by atoms with van der Waals surface area (Å²) in [7, 11) is 0. The van der Waals surface area contributed by atoms with Crippen LogP contribution in [0.15, 0.2) is 79.0 Å². The number of para-hydroxylation sites is 1. The molecule has 5 rings (SSSR count). The van der Waals surface area contributed by atoms with Gasteiger partial charge in [-0.15, -0.1) is 10.2 Å². The summed E-state index contributed by atoms with van der Waals surface area (Å²) in [6.45, 7) is 4.18. The molecular weight excluding hydrogens is 414 g/mol. The minimum atomic E-state index is -0.0809. The van der Waals surface area contributed by atoms with Crippen molar-refractivity contribution in [2.45, 2.75) is 20.4 Å². The zero-order valence-electron chi connectivity index (χ0n) is 18.4. The number of rotatable bonds is 6. The highest BCUT2D eigenvalue weighted by molar-refractivity contribution is 5.92. The van der Waals surface area contributed by atoms with Gasteiger partial charge < -0.3 is 15.2 Å². The Labute approximate surface area is 190 Å². The first-order valence-electron chi connectivity index (χ1n) is 10.6. The number of carbonyl (C=O) groups is 1. The third-order valence-electron chi connectivity index (χ3n) is 5.31. The van der Waals surface area contributed by atoms with E-state index in [4.69, 9.17) is 0 Å². The molecule has 8 nitrogen and oxygen atoms in total. The summed E-state index contributed by atoms with van der Waals surface area (Å²) in [6.07, 6.45) is 1.93. The number of nitrogens with one attached hydrogen (secondary N) is 2. The molecule has 0 saturated carbocycles. The van der Waals surface area contributed by atoms with E-state index in [2.05, 4.69) is 25.9 Å². The molecule has 3 heterocycles. The van der Waals surface area contributed by atoms with Gasteiger partial charge >= 0.3 is 0 Å². The molecule has 0 radical (unpaired) electrons. The maximum Gasteiger partial charge on any atom is 0.244 e. The highest BCUT2D eigenvalue weighted by Gasteiger charge is 2.08. The fourth-order valence-electron chi connectivity index (χ4n) is 3.78. The summed E-state index contributed by atoms with van der Waals surface area (Å²) in [4.78, 5) is 12.5. The van der Waals surface area contributed by atoms with E-state index < -0.39 is 0 Å². The van der Waals surface area contributed by atoms with Crippen LogP contribution >= 0.6 is 0 Å². The van der Waals surface area contributed by atoms with Crippen LogP contribution in [0.4, 0.5) is 17.2 Å². The molecule has 0 bridgehead atoms. The van der Waals surface area contributed by atoms with E-state index in [9.17, 15) is 4.79 Å². The molecule has 0 atom stereocenters. The standard InChI is InChI=1S/C25H23N7O/c1-17-15-18(2)32(30-17)24-12-11-23(28-29-24)26-20-7-9-21(10-8-20)27-25(33)16-31-14-13-19-5-3-4-6-22(19)31/h3-15H,16H2,1-2H3,(H,26,28)(H,27,33). The molecule has 1 amide bonds. The smallest absolute Gasteiger partial charge is 0.244 e. The van der Waals surface area contributed by atoms with Gasteiger partial charge in [0.25, 0.3) is 0 Å². The van der Waals surface area contributed by atoms with Crippen molar-refractivity contribution in [2.75, 3.05) is 10.6 Å². The molecule has 5 aromatic rings. The molecule has 2 aromatic carbocycles. The lowest BCUT2D eigenvalue weighted by atomic mass is 10.2. The van der Waals surface area contributed by atoms with Crippen molar-refractivity contribution in [3.8, 4) is 5.82 Å². The second kappa shape index (κ2) is 8.58. The normalized spacial score (nSPS) is 11.0. The van der Waals surface area contributed by atoms with E-state index in [0.29, 0.717) is 11.6 Å². The molecule has 0 unspecified atom stereocenters. The number of benzene rings is 2. The monoisotopic (exact) mass is 437 g/mol. The van der Waals surface area contributed by atoms with Gasteiger partial charge in [0.1, 0.15) is 6.54 Å². The van der Waals surface area contributed by atoms with Gasteiger partial charge in [0, 0.05) is 28.8 Å². The van der Waals surface area contributed by atoms with E-state index in [1.54, 1.807) is 4.68 Å². The Morgan fingerprint density at radius 3 is 2.42 bits per heavy atom. The van der Waals surface area contributed by atoms with Crippen LogP contribution in [0, 0.1) is 13.8 Å². The Morgan fingerprint density at radius 2 is 1.70 bits per heavy atom. The average molecular weight is 438 g/mol. The lowest BCUT2D eigenvalue weighted by molar-refractivity contribution is -0.116. The second-order valence-electron chi connectivity index (χ2n) is 7.87. The van der Waals surface area contributed by atoms with Gasteiger partial charge in [0.05, 0.1) is 5.69 Å². The average Bonchev–Trinajstić information content (AvgIpc) is 3.38. The molecule has 0 aliphatic heterocycles. The number of nitrogens with zero attached hydrogens (tertiary/aromatic N) is 5. The number of carbonyl (C=O) groups excluding carboxylic acids is 1. The molecule has 0 aliphatic rings. The third kappa shape index (κ3) is 4.45. The van der Waals surface area contributed by atoms with Crippen molar-refractivity contribution in [1.29, 1.82) is 0 Å². The summed E-state index contributed by atoms with van der Waals surface area (Å²) >= 11 is 0. The number of fused-ring (bicyclic) bond motifs is 1. The summed E-state index contributed by atoms with van der Waals surface area (Å²) < 4.78 is 3.70. The van der Waals surface area contributed by atoms with Gasteiger partial charge in [0.15, 0.2) is 11.6 Å². The molecule has 164 valence electrons. The molecular formula is C25H23N7O. The Bertz CT molecular complexity index is 1420. The third-order valence-corrected chi connectivity index (χ3v) is 5.31. The van der Waals surface area contributed by atoms with Crippen LogP contribution in [-0.2, 0) is 11.3 Å². The maximum absolute atomic E-state index is 12.5. The molecule has 3 aromatic heterocycles. The highest BCUT2D eigenvalue weighted by atomic mass is 16.1. The molecule has 33 heavy (non-hydrogen) atoms. The van der Waals surface area contributed by atoms with Gasteiger partial charge in [0.2, 0.25) is 5.91 Å². The van der Waals surface area contributed by atoms with Crippen molar-refractivity contribution in [1.82, 2.24) is 24.5 Å². The fraction of sp³-hybridized carbons (Fsp3) is 0.120. The first-order chi connectivity index (χ1) is 16.0. The Hall–Kier alpha value is -4.46. The van der Waals surface area contributed by atoms with Crippen LogP contribution in [0.5, 0.6) is 0 Å². The Balaban J connectivity index is 1.20. The van der Waals surface area contributed by atoms with Gasteiger partial charge in [-0.1, -0.05) is 18.2 Å². The molecule has 2 N–H and O–H groups in total. The number of hydrogen-bond donors (Lipinski definition) is 2. The van der Waals surface area contributed by atoms with E-state index in [0.717, 1.165) is 33.7 Å². The van der Waals surface area contributed by atoms with Gasteiger partial charge in [-0.3, -0.25) is 4.79 Å². The number of anilines is 3.